The van der Waals surface area contributed by atoms with Crippen LogP contribution in [0.5, 0.6) is 11.5 Å². The van der Waals surface area contributed by atoms with Crippen LogP contribution in [0.25, 0.3) is 11.2 Å². The van der Waals surface area contributed by atoms with Gasteiger partial charge in [0.1, 0.15) is 41.7 Å². The third-order valence-electron chi connectivity index (χ3n) is 11.4. The van der Waals surface area contributed by atoms with E-state index in [0.717, 1.165) is 16.8 Å². The molecule has 0 unspecified atom stereocenters. The molecule has 5 aromatic carbocycles. The van der Waals surface area contributed by atoms with Crippen molar-refractivity contribution < 1.29 is 56.3 Å². The van der Waals surface area contributed by atoms with Crippen molar-refractivity contribution in [3.63, 3.8) is 0 Å². The van der Waals surface area contributed by atoms with Crippen LogP contribution in [0.1, 0.15) is 50.1 Å². The summed E-state index contributed by atoms with van der Waals surface area (Å²) in [5, 5.41) is 14.0. The number of alkyl halides is 3. The van der Waals surface area contributed by atoms with Crippen LogP contribution in [-0.2, 0) is 24.6 Å². The van der Waals surface area contributed by atoms with E-state index in [2.05, 4.69) is 15.0 Å². The fourth-order valence-corrected chi connectivity index (χ4v) is 8.03. The first kappa shape index (κ1) is 47.0. The molecular formula is C50H45F3N6O9. The molecule has 1 aliphatic rings. The second kappa shape index (κ2) is 20.6. The number of hydrogen-bond acceptors (Lipinski definition) is 12. The fraction of sp³-hybridized carbons (Fsp3) is 0.240. The first-order valence-electron chi connectivity index (χ1n) is 21.4. The molecule has 350 valence electrons. The van der Waals surface area contributed by atoms with Gasteiger partial charge in [-0.25, -0.2) is 19.9 Å². The summed E-state index contributed by atoms with van der Waals surface area (Å²) in [7, 11) is 3.12. The lowest BCUT2D eigenvalue weighted by Crippen LogP contribution is -2.40. The van der Waals surface area contributed by atoms with Crippen LogP contribution >= 0.6 is 0 Å². The predicted molar refractivity (Wildman–Crippen MR) is 241 cm³/mol. The van der Waals surface area contributed by atoms with Crippen molar-refractivity contribution in [3.8, 4) is 11.5 Å². The Labute approximate surface area is 388 Å². The summed E-state index contributed by atoms with van der Waals surface area (Å²) >= 11 is 0. The number of fused-ring (bicyclic) bond motifs is 1. The number of hydrogen-bond donors (Lipinski definition) is 2. The zero-order chi connectivity index (χ0) is 47.8. The molecule has 4 atom stereocenters. The first-order chi connectivity index (χ1) is 32.9. The number of imide groups is 1. The Morgan fingerprint density at radius 3 is 1.79 bits per heavy atom. The first-order valence-corrected chi connectivity index (χ1v) is 21.4. The average molecular weight is 931 g/mol. The maximum absolute atomic E-state index is 14.2. The maximum Gasteiger partial charge on any atom is 0.471 e. The van der Waals surface area contributed by atoms with E-state index in [-0.39, 0.29) is 54.3 Å². The molecule has 0 aliphatic carbocycles. The molecule has 1 aliphatic heterocycles. The lowest BCUT2D eigenvalue weighted by atomic mass is 9.80. The van der Waals surface area contributed by atoms with E-state index in [9.17, 15) is 32.7 Å². The number of aliphatic hydroxyl groups excluding tert-OH is 1. The molecule has 7 aromatic rings. The quantitative estimate of drug-likeness (QED) is 0.0542. The van der Waals surface area contributed by atoms with Gasteiger partial charge in [0, 0.05) is 24.3 Å². The van der Waals surface area contributed by atoms with Crippen molar-refractivity contribution in [2.75, 3.05) is 38.9 Å². The Balaban J connectivity index is 1.17. The van der Waals surface area contributed by atoms with Crippen molar-refractivity contribution in [3.05, 3.63) is 180 Å². The molecule has 0 saturated carbocycles. The van der Waals surface area contributed by atoms with Crippen molar-refractivity contribution in [2.45, 2.75) is 42.7 Å². The number of nitrogens with zero attached hydrogens (tertiary/aromatic N) is 5. The predicted octanol–water partition coefficient (Wildman–Crippen LogP) is 7.05. The number of ether oxygens (including phenoxy) is 5. The highest BCUT2D eigenvalue weighted by molar-refractivity contribution is 6.27. The molecule has 0 radical (unpaired) electrons. The van der Waals surface area contributed by atoms with Crippen molar-refractivity contribution >= 4 is 34.7 Å². The largest absolute Gasteiger partial charge is 0.497 e. The molecule has 3 heterocycles. The van der Waals surface area contributed by atoms with E-state index in [1.165, 1.54) is 10.9 Å². The molecule has 8 rings (SSSR count). The minimum absolute atomic E-state index is 0.0228. The number of amides is 3. The van der Waals surface area contributed by atoms with Crippen molar-refractivity contribution in [2.24, 2.45) is 0 Å². The lowest BCUT2D eigenvalue weighted by Gasteiger charge is -2.37. The number of rotatable bonds is 17. The van der Waals surface area contributed by atoms with E-state index in [1.54, 1.807) is 99.1 Å². The third-order valence-corrected chi connectivity index (χ3v) is 11.4. The molecule has 2 aromatic heterocycles. The molecule has 68 heavy (non-hydrogen) atoms. The fourth-order valence-electron chi connectivity index (χ4n) is 8.03. The van der Waals surface area contributed by atoms with Gasteiger partial charge < -0.3 is 34.1 Å². The Bertz CT molecular complexity index is 2720. The van der Waals surface area contributed by atoms with E-state index in [1.807, 2.05) is 59.9 Å². The standard InChI is InChI=1S/C50H45F3N6O9/c1-64-37-23-19-35(20-24-37)49(34-17-10-5-11-18-34,36-21-25-38(65-2)26-22-36)67-29-39-41(60)42(66-28-12-27-54-48(63)50(51,52)53)47(68-39)58-31-57-40-43(58)55-30-56-44(40)59(45(61)32-13-6-3-7-14-32)46(62)33-15-8-4-9-16-33/h3-11,13-26,30-31,39,41-42,47,60H,12,27-29H2,1-2H3,(H,54,63)/t39-,41-,42-,47-/m1/s1. The van der Waals surface area contributed by atoms with Crippen LogP contribution in [0.3, 0.4) is 0 Å². The van der Waals surface area contributed by atoms with Crippen LogP contribution in [-0.4, -0.2) is 101 Å². The van der Waals surface area contributed by atoms with Crippen molar-refractivity contribution in [1.29, 1.82) is 0 Å². The summed E-state index contributed by atoms with van der Waals surface area (Å²) < 4.78 is 71.2. The Kier molecular flexibility index (Phi) is 14.2. The molecule has 0 spiro atoms. The zero-order valence-corrected chi connectivity index (χ0v) is 36.7. The highest BCUT2D eigenvalue weighted by Gasteiger charge is 2.49. The molecule has 15 nitrogen and oxygen atoms in total. The number of anilines is 1. The Hall–Kier alpha value is -7.51. The van der Waals surface area contributed by atoms with Gasteiger partial charge in [0.05, 0.1) is 27.2 Å². The van der Waals surface area contributed by atoms with E-state index in [0.29, 0.717) is 22.6 Å². The van der Waals surface area contributed by atoms with Crippen molar-refractivity contribution in [1.82, 2.24) is 24.8 Å². The van der Waals surface area contributed by atoms with Crippen LogP contribution < -0.4 is 19.7 Å². The minimum Gasteiger partial charge on any atom is -0.497 e. The number of imidazole rings is 1. The summed E-state index contributed by atoms with van der Waals surface area (Å²) in [5.74, 6) is -2.39. The van der Waals surface area contributed by atoms with Crippen LogP contribution in [0.4, 0.5) is 19.0 Å². The summed E-state index contributed by atoms with van der Waals surface area (Å²) in [6, 6.07) is 40.5. The number of nitrogens with one attached hydrogen (secondary N) is 1. The van der Waals surface area contributed by atoms with Gasteiger partial charge in [-0.05, 0) is 71.6 Å². The van der Waals surface area contributed by atoms with Gasteiger partial charge in [-0.2, -0.15) is 13.2 Å². The summed E-state index contributed by atoms with van der Waals surface area (Å²) in [6.07, 6.45) is -7.69. The van der Waals surface area contributed by atoms with Gasteiger partial charge in [0.25, 0.3) is 11.8 Å². The number of halogens is 3. The van der Waals surface area contributed by atoms with Gasteiger partial charge in [0.2, 0.25) is 0 Å². The minimum atomic E-state index is -5.07. The topological polar surface area (TPSA) is 176 Å². The highest BCUT2D eigenvalue weighted by atomic mass is 19.4. The monoisotopic (exact) mass is 930 g/mol. The Morgan fingerprint density at radius 1 is 0.735 bits per heavy atom. The molecular weight excluding hydrogens is 886 g/mol. The SMILES string of the molecule is COc1ccc(C(OC[C@H]2O[C@@H](n3cnc4c(N(C(=O)c5ccccc5)C(=O)c5ccccc5)ncnc43)[C@H](OCCCNC(=O)C(F)(F)F)[C@@H]2O)(c2ccccc2)c2ccc(OC)cc2)cc1. The van der Waals surface area contributed by atoms with Gasteiger partial charge in [-0.1, -0.05) is 91.0 Å². The Morgan fingerprint density at radius 2 is 1.26 bits per heavy atom. The molecule has 1 saturated heterocycles. The second-order valence-electron chi connectivity index (χ2n) is 15.5. The average Bonchev–Trinajstić information content (AvgIpc) is 3.95. The number of carbonyl (C=O) groups is 3. The maximum atomic E-state index is 14.2. The van der Waals surface area contributed by atoms with Crippen LogP contribution in [0.15, 0.2) is 152 Å². The van der Waals surface area contributed by atoms with E-state index < -0.39 is 54.0 Å². The molecule has 3 amide bonds. The third kappa shape index (κ3) is 9.66. The van der Waals surface area contributed by atoms with Crippen LogP contribution in [0, 0.1) is 0 Å². The smallest absolute Gasteiger partial charge is 0.471 e. The van der Waals surface area contributed by atoms with E-state index >= 15 is 0 Å². The lowest BCUT2D eigenvalue weighted by molar-refractivity contribution is -0.173. The summed E-state index contributed by atoms with van der Waals surface area (Å²) in [4.78, 5) is 54.3. The van der Waals surface area contributed by atoms with E-state index in [4.69, 9.17) is 23.7 Å². The zero-order valence-electron chi connectivity index (χ0n) is 36.7. The summed E-state index contributed by atoms with van der Waals surface area (Å²) in [5.41, 5.74) is 1.33. The molecule has 1 fully saturated rings. The number of benzene rings is 5. The van der Waals surface area contributed by atoms with Gasteiger partial charge in [0.15, 0.2) is 23.2 Å². The second-order valence-corrected chi connectivity index (χ2v) is 15.5. The summed E-state index contributed by atoms with van der Waals surface area (Å²) in [6.45, 7) is -0.867. The normalized spacial score (nSPS) is 17.1. The number of aromatic nitrogens is 4. The highest BCUT2D eigenvalue weighted by Crippen LogP contribution is 2.43. The number of carbonyl (C=O) groups excluding carboxylic acids is 3. The number of methoxy groups -OCH3 is 2. The molecule has 18 heteroatoms. The molecule has 2 N–H and O–H groups in total. The number of aliphatic hydroxyl groups is 1. The van der Waals surface area contributed by atoms with Crippen LogP contribution in [0.2, 0.25) is 0 Å². The van der Waals surface area contributed by atoms with Gasteiger partial charge in [-0.15, -0.1) is 0 Å². The molecule has 0 bridgehead atoms. The van der Waals surface area contributed by atoms with Gasteiger partial charge >= 0.3 is 12.1 Å². The van der Waals surface area contributed by atoms with Gasteiger partial charge in [-0.3, -0.25) is 19.0 Å².